The van der Waals surface area contributed by atoms with Crippen LogP contribution in [0.1, 0.15) is 18.2 Å². The molecule has 1 aromatic heterocycles. The number of halogens is 1. The van der Waals surface area contributed by atoms with E-state index >= 15 is 0 Å². The molecule has 0 fully saturated rings. The Hall–Kier alpha value is -1.08. The average Bonchev–Trinajstić information content (AvgIpc) is 2.73. The highest BCUT2D eigenvalue weighted by atomic mass is 79.9. The van der Waals surface area contributed by atoms with Gasteiger partial charge in [0.05, 0.1) is 13.2 Å². The van der Waals surface area contributed by atoms with Gasteiger partial charge in [-0.25, -0.2) is 4.79 Å². The Morgan fingerprint density at radius 1 is 1.44 bits per heavy atom. The summed E-state index contributed by atoms with van der Waals surface area (Å²) >= 11 is 4.92. The number of rotatable bonds is 6. The minimum atomic E-state index is -0.493. The summed E-state index contributed by atoms with van der Waals surface area (Å²) < 4.78 is 5.68. The summed E-state index contributed by atoms with van der Waals surface area (Å²) in [5, 5.41) is 7.23. The number of thiophene rings is 1. The van der Waals surface area contributed by atoms with Gasteiger partial charge in [0.2, 0.25) is 5.91 Å². The van der Waals surface area contributed by atoms with Gasteiger partial charge in [-0.2, -0.15) is 0 Å². The van der Waals surface area contributed by atoms with Crippen LogP contribution in [0.25, 0.3) is 0 Å². The van der Waals surface area contributed by atoms with E-state index in [9.17, 15) is 9.59 Å². The average molecular weight is 335 g/mol. The van der Waals surface area contributed by atoms with Crippen LogP contribution in [0.5, 0.6) is 0 Å². The first kappa shape index (κ1) is 15.0. The van der Waals surface area contributed by atoms with Crippen LogP contribution in [-0.2, 0) is 16.1 Å². The van der Waals surface area contributed by atoms with Gasteiger partial charge in [-0.05, 0) is 28.9 Å². The molecule has 0 spiro atoms. The van der Waals surface area contributed by atoms with Crippen LogP contribution in [-0.4, -0.2) is 25.2 Å². The lowest BCUT2D eigenvalue weighted by molar-refractivity contribution is -0.121. The first-order chi connectivity index (χ1) is 8.61. The van der Waals surface area contributed by atoms with Gasteiger partial charge in [-0.15, -0.1) is 11.3 Å². The van der Waals surface area contributed by atoms with Crippen molar-refractivity contribution in [3.05, 3.63) is 20.8 Å². The first-order valence-corrected chi connectivity index (χ1v) is 7.19. The first-order valence-electron chi connectivity index (χ1n) is 5.52. The molecule has 0 aromatic carbocycles. The van der Waals surface area contributed by atoms with E-state index in [4.69, 9.17) is 0 Å². The van der Waals surface area contributed by atoms with Crippen LogP contribution in [0.2, 0.25) is 0 Å². The fourth-order valence-electron chi connectivity index (χ4n) is 1.18. The zero-order chi connectivity index (χ0) is 13.4. The zero-order valence-electron chi connectivity index (χ0n) is 9.99. The van der Waals surface area contributed by atoms with Crippen LogP contribution in [0, 0.1) is 0 Å². The number of nitrogens with one attached hydrogen (secondary N) is 2. The lowest BCUT2D eigenvalue weighted by Crippen LogP contribution is -2.30. The number of ether oxygens (including phenoxy) is 1. The van der Waals surface area contributed by atoms with E-state index < -0.39 is 6.09 Å². The summed E-state index contributed by atoms with van der Waals surface area (Å²) in [5.74, 6) is -0.101. The molecule has 1 aromatic rings. The monoisotopic (exact) mass is 334 g/mol. The van der Waals surface area contributed by atoms with E-state index in [0.717, 1.165) is 9.35 Å². The third kappa shape index (κ3) is 6.02. The third-order valence-corrected chi connectivity index (χ3v) is 3.68. The predicted octanol–water partition coefficient (Wildman–Crippen LogP) is 2.26. The zero-order valence-corrected chi connectivity index (χ0v) is 12.4. The van der Waals surface area contributed by atoms with E-state index in [1.807, 2.05) is 11.4 Å². The topological polar surface area (TPSA) is 67.4 Å². The van der Waals surface area contributed by atoms with Gasteiger partial charge < -0.3 is 15.4 Å². The Bertz CT molecular complexity index is 409. The third-order valence-electron chi connectivity index (χ3n) is 1.98. The Morgan fingerprint density at radius 3 is 2.83 bits per heavy atom. The smallest absolute Gasteiger partial charge is 0.407 e. The fourth-order valence-corrected chi connectivity index (χ4v) is 2.57. The van der Waals surface area contributed by atoms with Gasteiger partial charge in [-0.3, -0.25) is 4.79 Å². The van der Waals surface area contributed by atoms with Crippen molar-refractivity contribution in [2.75, 3.05) is 13.2 Å². The second kappa shape index (κ2) is 8.10. The molecule has 2 N–H and O–H groups in total. The summed E-state index contributed by atoms with van der Waals surface area (Å²) in [4.78, 5) is 23.5. The molecule has 2 amide bonds. The maximum absolute atomic E-state index is 11.5. The molecule has 0 bridgehead atoms. The van der Waals surface area contributed by atoms with Crippen molar-refractivity contribution < 1.29 is 14.3 Å². The minimum absolute atomic E-state index is 0.101. The summed E-state index contributed by atoms with van der Waals surface area (Å²) in [5.41, 5.74) is 0. The number of hydrogen-bond acceptors (Lipinski definition) is 4. The number of carbonyl (C=O) groups excluding carboxylic acids is 2. The fraction of sp³-hybridized carbons (Fsp3) is 0.455. The van der Waals surface area contributed by atoms with E-state index in [-0.39, 0.29) is 18.9 Å². The highest BCUT2D eigenvalue weighted by Gasteiger charge is 2.04. The molecule has 18 heavy (non-hydrogen) atoms. The molecule has 0 unspecified atom stereocenters. The molecule has 1 rings (SSSR count). The lowest BCUT2D eigenvalue weighted by atomic mass is 10.4. The van der Waals surface area contributed by atoms with Crippen LogP contribution in [0.4, 0.5) is 4.79 Å². The predicted molar refractivity (Wildman–Crippen MR) is 73.5 cm³/mol. The van der Waals surface area contributed by atoms with Crippen molar-refractivity contribution in [2.45, 2.75) is 19.9 Å². The van der Waals surface area contributed by atoms with Crippen LogP contribution in [0.3, 0.4) is 0 Å². The van der Waals surface area contributed by atoms with Gasteiger partial charge in [-0.1, -0.05) is 0 Å². The van der Waals surface area contributed by atoms with E-state index in [1.165, 1.54) is 0 Å². The second-order valence-electron chi connectivity index (χ2n) is 3.41. The Kier molecular flexibility index (Phi) is 6.74. The molecule has 0 saturated heterocycles. The molecule has 0 aliphatic carbocycles. The van der Waals surface area contributed by atoms with Crippen LogP contribution >= 0.6 is 27.3 Å². The van der Waals surface area contributed by atoms with Crippen molar-refractivity contribution in [3.63, 3.8) is 0 Å². The lowest BCUT2D eigenvalue weighted by Gasteiger charge is -2.05. The number of hydrogen-bond donors (Lipinski definition) is 2. The van der Waals surface area contributed by atoms with Crippen LogP contribution < -0.4 is 10.6 Å². The minimum Gasteiger partial charge on any atom is -0.450 e. The summed E-state index contributed by atoms with van der Waals surface area (Å²) in [6, 6.07) is 1.96. The van der Waals surface area contributed by atoms with Crippen molar-refractivity contribution in [2.24, 2.45) is 0 Å². The van der Waals surface area contributed by atoms with Crippen molar-refractivity contribution in [3.8, 4) is 0 Å². The van der Waals surface area contributed by atoms with E-state index in [0.29, 0.717) is 13.2 Å². The van der Waals surface area contributed by atoms with Gasteiger partial charge in [0, 0.05) is 27.7 Å². The maximum Gasteiger partial charge on any atom is 0.407 e. The van der Waals surface area contributed by atoms with E-state index in [2.05, 4.69) is 31.3 Å². The molecule has 0 aliphatic heterocycles. The molecule has 0 aliphatic rings. The molecular weight excluding hydrogens is 320 g/mol. The summed E-state index contributed by atoms with van der Waals surface area (Å²) in [6.45, 7) is 2.84. The van der Waals surface area contributed by atoms with Crippen molar-refractivity contribution in [1.82, 2.24) is 10.6 Å². The normalized spacial score (nSPS) is 9.89. The van der Waals surface area contributed by atoms with E-state index in [1.54, 1.807) is 18.3 Å². The molecule has 7 heteroatoms. The molecule has 5 nitrogen and oxygen atoms in total. The maximum atomic E-state index is 11.5. The summed E-state index contributed by atoms with van der Waals surface area (Å²) in [7, 11) is 0. The highest BCUT2D eigenvalue weighted by Crippen LogP contribution is 2.19. The Balaban J connectivity index is 2.12. The largest absolute Gasteiger partial charge is 0.450 e. The van der Waals surface area contributed by atoms with Gasteiger partial charge in [0.25, 0.3) is 0 Å². The molecule has 0 radical (unpaired) electrons. The number of alkyl carbamates (subject to hydrolysis) is 1. The van der Waals surface area contributed by atoms with Crippen LogP contribution in [0.15, 0.2) is 15.9 Å². The SMILES string of the molecule is CCOC(=O)NCCC(=O)NCc1cc(Br)cs1. The highest BCUT2D eigenvalue weighted by molar-refractivity contribution is 9.10. The van der Waals surface area contributed by atoms with Gasteiger partial charge in [0.15, 0.2) is 0 Å². The van der Waals surface area contributed by atoms with Crippen molar-refractivity contribution >= 4 is 39.3 Å². The molecule has 0 atom stereocenters. The van der Waals surface area contributed by atoms with Gasteiger partial charge in [0.1, 0.15) is 0 Å². The Morgan fingerprint density at radius 2 is 2.22 bits per heavy atom. The quantitative estimate of drug-likeness (QED) is 0.838. The summed E-state index contributed by atoms with van der Waals surface area (Å²) in [6.07, 6.45) is -0.252. The molecule has 0 saturated carbocycles. The molecular formula is C11H15BrN2O3S. The standard InChI is InChI=1S/C11H15BrN2O3S/c1-2-17-11(16)13-4-3-10(15)14-6-9-5-8(12)7-18-9/h5,7H,2-4,6H2,1H3,(H,13,16)(H,14,15). The van der Waals surface area contributed by atoms with Gasteiger partial charge >= 0.3 is 6.09 Å². The second-order valence-corrected chi connectivity index (χ2v) is 5.32. The molecule has 1 heterocycles. The molecule has 100 valence electrons. The van der Waals surface area contributed by atoms with Crippen molar-refractivity contribution in [1.29, 1.82) is 0 Å². The number of carbonyl (C=O) groups is 2. The number of amides is 2. The Labute approximate surface area is 118 Å².